The Hall–Kier alpha value is -2.16. The van der Waals surface area contributed by atoms with E-state index in [1.54, 1.807) is 29.9 Å². The summed E-state index contributed by atoms with van der Waals surface area (Å²) in [7, 11) is 4.08. The van der Waals surface area contributed by atoms with Gasteiger partial charge in [0.2, 0.25) is 0 Å². The van der Waals surface area contributed by atoms with E-state index in [9.17, 15) is 5.11 Å². The summed E-state index contributed by atoms with van der Waals surface area (Å²) in [6.45, 7) is 0.956. The van der Waals surface area contributed by atoms with Crippen LogP contribution in [0.15, 0.2) is 18.6 Å². The van der Waals surface area contributed by atoms with E-state index >= 15 is 0 Å². The lowest BCUT2D eigenvalue weighted by Gasteiger charge is -2.23. The number of aryl methyl sites for hydroxylation is 2. The Morgan fingerprint density at radius 1 is 1.21 bits per heavy atom. The monoisotopic (exact) mass is 398 g/mol. The van der Waals surface area contributed by atoms with Crippen LogP contribution in [0.2, 0.25) is 0 Å². The van der Waals surface area contributed by atoms with Gasteiger partial charge in [-0.15, -0.1) is 11.3 Å². The summed E-state index contributed by atoms with van der Waals surface area (Å²) in [4.78, 5) is 22.8. The second-order valence-corrected chi connectivity index (χ2v) is 8.58. The lowest BCUT2D eigenvalue weighted by atomic mass is 9.97. The van der Waals surface area contributed by atoms with Crippen molar-refractivity contribution in [3.05, 3.63) is 29.0 Å². The molecule has 1 atom stereocenters. The zero-order chi connectivity index (χ0) is 19.5. The summed E-state index contributed by atoms with van der Waals surface area (Å²) >= 11 is 1.78. The number of fused-ring (bicyclic) bond motifs is 3. The predicted molar refractivity (Wildman–Crippen MR) is 113 cm³/mol. The molecule has 3 aromatic rings. The third-order valence-corrected chi connectivity index (χ3v) is 6.20. The SMILES string of the molecule is CN(C)CC(CCO)Nc1nc(-c2cnccn2)nc2sc3c(c12)CCCC3. The molecule has 4 rings (SSSR count). The van der Waals surface area contributed by atoms with Crippen LogP contribution in [0.1, 0.15) is 29.7 Å². The van der Waals surface area contributed by atoms with E-state index in [4.69, 9.17) is 9.97 Å². The van der Waals surface area contributed by atoms with E-state index in [2.05, 4.69) is 20.2 Å². The molecule has 1 unspecified atom stereocenters. The van der Waals surface area contributed by atoms with Crippen molar-refractivity contribution in [2.24, 2.45) is 0 Å². The standard InChI is InChI=1S/C20H26N6OS/c1-26(2)12-13(7-10-27)23-19-17-14-5-3-4-6-16(14)28-20(17)25-18(24-19)15-11-21-8-9-22-15/h8-9,11,13,27H,3-7,10,12H2,1-2H3,(H,23,24,25). The molecule has 0 saturated carbocycles. The second kappa shape index (κ2) is 8.46. The van der Waals surface area contributed by atoms with Gasteiger partial charge in [-0.25, -0.2) is 15.0 Å². The smallest absolute Gasteiger partial charge is 0.183 e. The molecule has 7 nitrogen and oxygen atoms in total. The number of aliphatic hydroxyl groups excluding tert-OH is 1. The van der Waals surface area contributed by atoms with Crippen LogP contribution >= 0.6 is 11.3 Å². The first-order valence-electron chi connectivity index (χ1n) is 9.76. The van der Waals surface area contributed by atoms with Crippen LogP contribution in [0, 0.1) is 0 Å². The Labute approximate surface area is 168 Å². The number of thiophene rings is 1. The van der Waals surface area contributed by atoms with E-state index in [1.807, 2.05) is 14.1 Å². The molecule has 0 aromatic carbocycles. The molecule has 1 aliphatic rings. The minimum absolute atomic E-state index is 0.104. The Morgan fingerprint density at radius 3 is 2.82 bits per heavy atom. The van der Waals surface area contributed by atoms with Gasteiger partial charge in [-0.2, -0.15) is 0 Å². The van der Waals surface area contributed by atoms with Gasteiger partial charge in [0.1, 0.15) is 16.3 Å². The minimum atomic E-state index is 0.104. The molecule has 0 aliphatic heterocycles. The number of anilines is 1. The molecule has 2 N–H and O–H groups in total. The topological polar surface area (TPSA) is 87.1 Å². The van der Waals surface area contributed by atoms with E-state index in [0.29, 0.717) is 17.9 Å². The Kier molecular flexibility index (Phi) is 5.79. The summed E-state index contributed by atoms with van der Waals surface area (Å²) in [6, 6.07) is 0.104. The highest BCUT2D eigenvalue weighted by Crippen LogP contribution is 2.39. The Balaban J connectivity index is 1.82. The molecule has 0 amide bonds. The molecular formula is C20H26N6OS. The molecule has 8 heteroatoms. The Bertz CT molecular complexity index is 943. The summed E-state index contributed by atoms with van der Waals surface area (Å²) in [5.41, 5.74) is 2.07. The first kappa shape index (κ1) is 19.2. The highest BCUT2D eigenvalue weighted by molar-refractivity contribution is 7.19. The highest BCUT2D eigenvalue weighted by Gasteiger charge is 2.23. The van der Waals surface area contributed by atoms with Crippen molar-refractivity contribution in [1.29, 1.82) is 0 Å². The van der Waals surface area contributed by atoms with Crippen LogP contribution < -0.4 is 5.32 Å². The molecule has 148 valence electrons. The first-order chi connectivity index (χ1) is 13.7. The van der Waals surface area contributed by atoms with Crippen LogP contribution in [-0.4, -0.2) is 63.2 Å². The maximum absolute atomic E-state index is 9.52. The number of aromatic nitrogens is 4. The quantitative estimate of drug-likeness (QED) is 0.633. The van der Waals surface area contributed by atoms with Gasteiger partial charge in [0.05, 0.1) is 11.6 Å². The molecule has 0 fully saturated rings. The second-order valence-electron chi connectivity index (χ2n) is 7.49. The molecule has 0 bridgehead atoms. The predicted octanol–water partition coefficient (Wildman–Crippen LogP) is 2.75. The average Bonchev–Trinajstić information content (AvgIpc) is 3.07. The minimum Gasteiger partial charge on any atom is -0.396 e. The van der Waals surface area contributed by atoms with Crippen molar-refractivity contribution in [3.8, 4) is 11.5 Å². The van der Waals surface area contributed by atoms with Gasteiger partial charge in [-0.3, -0.25) is 4.98 Å². The van der Waals surface area contributed by atoms with Crippen LogP contribution in [0.3, 0.4) is 0 Å². The molecule has 1 aliphatic carbocycles. The summed E-state index contributed by atoms with van der Waals surface area (Å²) < 4.78 is 0. The van der Waals surface area contributed by atoms with Gasteiger partial charge in [0, 0.05) is 36.5 Å². The highest BCUT2D eigenvalue weighted by atomic mass is 32.1. The number of likely N-dealkylation sites (N-methyl/N-ethyl adjacent to an activating group) is 1. The van der Waals surface area contributed by atoms with Gasteiger partial charge < -0.3 is 15.3 Å². The fourth-order valence-electron chi connectivity index (χ4n) is 3.79. The zero-order valence-electron chi connectivity index (χ0n) is 16.4. The van der Waals surface area contributed by atoms with Crippen molar-refractivity contribution in [2.45, 2.75) is 38.1 Å². The van der Waals surface area contributed by atoms with E-state index in [0.717, 1.165) is 35.4 Å². The zero-order valence-corrected chi connectivity index (χ0v) is 17.2. The molecule has 0 spiro atoms. The van der Waals surface area contributed by atoms with Crippen LogP contribution in [0.4, 0.5) is 5.82 Å². The van der Waals surface area contributed by atoms with E-state index in [1.165, 1.54) is 23.3 Å². The summed E-state index contributed by atoms with van der Waals surface area (Å²) in [6.07, 6.45) is 10.3. The number of hydrogen-bond donors (Lipinski definition) is 2. The molecule has 0 saturated heterocycles. The van der Waals surface area contributed by atoms with Crippen molar-refractivity contribution >= 4 is 27.4 Å². The molecule has 28 heavy (non-hydrogen) atoms. The number of aliphatic hydroxyl groups is 1. The van der Waals surface area contributed by atoms with Crippen LogP contribution in [0.25, 0.3) is 21.7 Å². The summed E-state index contributed by atoms with van der Waals surface area (Å²) in [5, 5.41) is 14.3. The maximum Gasteiger partial charge on any atom is 0.183 e. The number of hydrogen-bond acceptors (Lipinski definition) is 8. The molecular weight excluding hydrogens is 372 g/mol. The average molecular weight is 399 g/mol. The number of nitrogens with one attached hydrogen (secondary N) is 1. The normalized spacial score (nSPS) is 15.0. The lowest BCUT2D eigenvalue weighted by molar-refractivity contribution is 0.264. The Morgan fingerprint density at radius 2 is 2.07 bits per heavy atom. The number of nitrogens with zero attached hydrogens (tertiary/aromatic N) is 5. The summed E-state index contributed by atoms with van der Waals surface area (Å²) in [5.74, 6) is 1.44. The lowest BCUT2D eigenvalue weighted by Crippen LogP contribution is -2.33. The van der Waals surface area contributed by atoms with E-state index in [-0.39, 0.29) is 12.6 Å². The molecule has 0 radical (unpaired) electrons. The van der Waals surface area contributed by atoms with Crippen LogP contribution in [0.5, 0.6) is 0 Å². The third-order valence-electron chi connectivity index (χ3n) is 5.01. The maximum atomic E-state index is 9.52. The fraction of sp³-hybridized carbons (Fsp3) is 0.500. The van der Waals surface area contributed by atoms with Crippen molar-refractivity contribution in [3.63, 3.8) is 0 Å². The molecule has 3 aromatic heterocycles. The number of rotatable bonds is 7. The third kappa shape index (κ3) is 3.99. The first-order valence-corrected chi connectivity index (χ1v) is 10.6. The van der Waals surface area contributed by atoms with Crippen molar-refractivity contribution in [1.82, 2.24) is 24.8 Å². The van der Waals surface area contributed by atoms with Crippen LogP contribution in [-0.2, 0) is 12.8 Å². The van der Waals surface area contributed by atoms with Gasteiger partial charge >= 0.3 is 0 Å². The fourth-order valence-corrected chi connectivity index (χ4v) is 5.05. The van der Waals surface area contributed by atoms with Crippen molar-refractivity contribution in [2.75, 3.05) is 32.6 Å². The van der Waals surface area contributed by atoms with E-state index < -0.39 is 0 Å². The van der Waals surface area contributed by atoms with Gasteiger partial charge in [0.25, 0.3) is 0 Å². The largest absolute Gasteiger partial charge is 0.396 e. The van der Waals surface area contributed by atoms with Gasteiger partial charge in [-0.05, 0) is 51.8 Å². The van der Waals surface area contributed by atoms with Crippen molar-refractivity contribution < 1.29 is 5.11 Å². The van der Waals surface area contributed by atoms with Gasteiger partial charge in [0.15, 0.2) is 5.82 Å². The van der Waals surface area contributed by atoms with Gasteiger partial charge in [-0.1, -0.05) is 0 Å². The molecule has 3 heterocycles.